The fourth-order valence-corrected chi connectivity index (χ4v) is 5.11. The Bertz CT molecular complexity index is 1230. The summed E-state index contributed by atoms with van der Waals surface area (Å²) in [4.78, 5) is 38.4. The predicted octanol–water partition coefficient (Wildman–Crippen LogP) is 3.14. The second kappa shape index (κ2) is 14.1. The molecule has 0 aromatic heterocycles. The van der Waals surface area contributed by atoms with Gasteiger partial charge in [-0.05, 0) is 72.8 Å². The summed E-state index contributed by atoms with van der Waals surface area (Å²) in [6.45, 7) is 8.81. The quantitative estimate of drug-likeness (QED) is 0.131. The minimum atomic E-state index is -0.739. The maximum Gasteiger partial charge on any atom is 0.341 e. The summed E-state index contributed by atoms with van der Waals surface area (Å²) in [5.74, 6) is -1.41. The SMILES string of the molecule is C=C(CO)C(=O)Oc1ccc([S+](c2ccc(OC(=O)C(=C)CO)cc2)c2ccc(OC(=O)C(=C)CO)cc2)cc1. The van der Waals surface area contributed by atoms with Crippen LogP contribution < -0.4 is 14.2 Å². The highest BCUT2D eigenvalue weighted by Crippen LogP contribution is 2.34. The third-order valence-electron chi connectivity index (χ3n) is 5.25. The van der Waals surface area contributed by atoms with E-state index in [1.807, 2.05) is 0 Å². The maximum absolute atomic E-state index is 12.0. The maximum atomic E-state index is 12.0. The lowest BCUT2D eigenvalue weighted by molar-refractivity contribution is -0.131. The molecule has 0 unspecified atom stereocenters. The van der Waals surface area contributed by atoms with Crippen LogP contribution in [-0.2, 0) is 25.3 Å². The number of aliphatic hydroxyl groups is 3. The Morgan fingerprint density at radius 2 is 0.725 bits per heavy atom. The number of ether oxygens (including phenoxy) is 3. The lowest BCUT2D eigenvalue weighted by Gasteiger charge is -2.11. The first kappa shape index (κ1) is 30.1. The van der Waals surface area contributed by atoms with E-state index in [0.717, 1.165) is 14.7 Å². The molecule has 10 heteroatoms. The Balaban J connectivity index is 1.93. The zero-order chi connectivity index (χ0) is 29.2. The van der Waals surface area contributed by atoms with E-state index in [9.17, 15) is 14.4 Å². The van der Waals surface area contributed by atoms with Gasteiger partial charge in [-0.1, -0.05) is 19.7 Å². The van der Waals surface area contributed by atoms with Gasteiger partial charge in [-0.25, -0.2) is 14.4 Å². The van der Waals surface area contributed by atoms with Crippen molar-refractivity contribution in [3.8, 4) is 17.2 Å². The van der Waals surface area contributed by atoms with Crippen molar-refractivity contribution in [2.75, 3.05) is 19.8 Å². The molecule has 9 nitrogen and oxygen atoms in total. The van der Waals surface area contributed by atoms with E-state index < -0.39 is 48.6 Å². The Morgan fingerprint density at radius 3 is 0.925 bits per heavy atom. The summed E-state index contributed by atoms with van der Waals surface area (Å²) in [7, 11) is -0.703. The number of carbonyl (C=O) groups excluding carboxylic acids is 3. The van der Waals surface area contributed by atoms with Crippen LogP contribution in [0.4, 0.5) is 0 Å². The highest BCUT2D eigenvalue weighted by atomic mass is 32.2. The molecule has 3 rings (SSSR count). The second-order valence-electron chi connectivity index (χ2n) is 8.17. The zero-order valence-corrected chi connectivity index (χ0v) is 22.2. The van der Waals surface area contributed by atoms with E-state index in [2.05, 4.69) is 19.7 Å². The van der Waals surface area contributed by atoms with Gasteiger partial charge in [0.15, 0.2) is 14.7 Å². The number of esters is 3. The van der Waals surface area contributed by atoms with Gasteiger partial charge < -0.3 is 29.5 Å². The average Bonchev–Trinajstić information content (AvgIpc) is 2.98. The van der Waals surface area contributed by atoms with Crippen LogP contribution in [0.25, 0.3) is 0 Å². The molecule has 0 saturated heterocycles. The molecule has 0 amide bonds. The molecule has 0 aliphatic carbocycles. The van der Waals surface area contributed by atoms with E-state index in [1.54, 1.807) is 72.8 Å². The van der Waals surface area contributed by atoms with Gasteiger partial charge in [0.1, 0.15) is 17.2 Å². The van der Waals surface area contributed by atoms with E-state index in [0.29, 0.717) is 0 Å². The number of carbonyl (C=O) groups is 3. The topological polar surface area (TPSA) is 140 Å². The molecule has 0 saturated carbocycles. The van der Waals surface area contributed by atoms with Crippen LogP contribution in [0.5, 0.6) is 17.2 Å². The van der Waals surface area contributed by atoms with E-state index >= 15 is 0 Å². The predicted molar refractivity (Wildman–Crippen MR) is 147 cm³/mol. The van der Waals surface area contributed by atoms with Crippen LogP contribution in [0, 0.1) is 0 Å². The molecule has 0 radical (unpaired) electrons. The first-order chi connectivity index (χ1) is 19.2. The van der Waals surface area contributed by atoms with Crippen molar-refractivity contribution in [3.05, 3.63) is 109 Å². The van der Waals surface area contributed by atoms with Crippen LogP contribution in [-0.4, -0.2) is 53.0 Å². The van der Waals surface area contributed by atoms with Crippen molar-refractivity contribution in [1.82, 2.24) is 0 Å². The molecule has 0 bridgehead atoms. The van der Waals surface area contributed by atoms with E-state index in [4.69, 9.17) is 29.5 Å². The Labute approximate surface area is 233 Å². The van der Waals surface area contributed by atoms with Gasteiger partial charge in [-0.15, -0.1) is 0 Å². The third kappa shape index (κ3) is 7.78. The van der Waals surface area contributed by atoms with Crippen molar-refractivity contribution in [2.24, 2.45) is 0 Å². The molecule has 3 aromatic carbocycles. The van der Waals surface area contributed by atoms with Crippen molar-refractivity contribution < 1.29 is 43.9 Å². The molecule has 0 aliphatic heterocycles. The number of hydrogen-bond donors (Lipinski definition) is 3. The van der Waals surface area contributed by atoms with Gasteiger partial charge in [-0.2, -0.15) is 0 Å². The lowest BCUT2D eigenvalue weighted by atomic mass is 10.3. The summed E-state index contributed by atoms with van der Waals surface area (Å²) >= 11 is 0. The molecule has 0 spiro atoms. The number of benzene rings is 3. The van der Waals surface area contributed by atoms with E-state index in [1.165, 1.54) is 0 Å². The number of rotatable bonds is 12. The highest BCUT2D eigenvalue weighted by molar-refractivity contribution is 7.97. The van der Waals surface area contributed by atoms with Crippen LogP contribution in [0.1, 0.15) is 0 Å². The van der Waals surface area contributed by atoms with Crippen LogP contribution in [0.3, 0.4) is 0 Å². The molecule has 40 heavy (non-hydrogen) atoms. The fourth-order valence-electron chi connectivity index (χ4n) is 3.07. The largest absolute Gasteiger partial charge is 0.423 e. The van der Waals surface area contributed by atoms with Crippen molar-refractivity contribution in [1.29, 1.82) is 0 Å². The van der Waals surface area contributed by atoms with Crippen LogP contribution >= 0.6 is 0 Å². The fraction of sp³-hybridized carbons (Fsp3) is 0.100. The van der Waals surface area contributed by atoms with Crippen LogP contribution in [0.15, 0.2) is 124 Å². The molecular weight excluding hydrogens is 536 g/mol. The van der Waals surface area contributed by atoms with Gasteiger partial charge in [-0.3, -0.25) is 0 Å². The molecule has 0 heterocycles. The van der Waals surface area contributed by atoms with Gasteiger partial charge >= 0.3 is 17.9 Å². The van der Waals surface area contributed by atoms with Gasteiger partial charge in [0.25, 0.3) is 0 Å². The van der Waals surface area contributed by atoms with Crippen LogP contribution in [0.2, 0.25) is 0 Å². The highest BCUT2D eigenvalue weighted by Gasteiger charge is 2.29. The molecule has 0 aliphatic rings. The first-order valence-corrected chi connectivity index (χ1v) is 13.0. The summed E-state index contributed by atoms with van der Waals surface area (Å²) in [6.07, 6.45) is 0. The van der Waals surface area contributed by atoms with E-state index in [-0.39, 0.29) is 34.0 Å². The standard InChI is InChI=1S/C30H27O9S/c1-19(16-31)28(34)37-22-4-10-25(11-5-22)40(26-12-6-23(7-13-26)38-29(35)20(2)17-32)27-14-8-24(9-15-27)39-30(36)21(3)18-33/h4-15,31-33H,1-3,16-18H2/q+1. The van der Waals surface area contributed by atoms with Crippen molar-refractivity contribution >= 4 is 28.8 Å². The number of aliphatic hydroxyl groups excluding tert-OH is 3. The minimum Gasteiger partial charge on any atom is -0.423 e. The first-order valence-electron chi connectivity index (χ1n) is 11.7. The average molecular weight is 564 g/mol. The van der Waals surface area contributed by atoms with Gasteiger partial charge in [0.2, 0.25) is 0 Å². The molecule has 3 aromatic rings. The Kier molecular flexibility index (Phi) is 10.6. The minimum absolute atomic E-state index is 0.0736. The van der Waals surface area contributed by atoms with Crippen molar-refractivity contribution in [3.63, 3.8) is 0 Å². The number of hydrogen-bond acceptors (Lipinski definition) is 9. The summed E-state index contributed by atoms with van der Waals surface area (Å²) in [6, 6.07) is 20.4. The normalized spacial score (nSPS) is 10.5. The summed E-state index contributed by atoms with van der Waals surface area (Å²) in [5.41, 5.74) is -0.221. The smallest absolute Gasteiger partial charge is 0.341 e. The second-order valence-corrected chi connectivity index (χ2v) is 10.2. The Morgan fingerprint density at radius 1 is 0.500 bits per heavy atom. The van der Waals surface area contributed by atoms with Gasteiger partial charge in [0.05, 0.1) is 47.4 Å². The Hall–Kier alpha value is -4.48. The summed E-state index contributed by atoms with van der Waals surface area (Å²) < 4.78 is 15.7. The summed E-state index contributed by atoms with van der Waals surface area (Å²) in [5, 5.41) is 27.2. The monoisotopic (exact) mass is 563 g/mol. The molecular formula is C30H27O9S+. The zero-order valence-electron chi connectivity index (χ0n) is 21.4. The third-order valence-corrected chi connectivity index (χ3v) is 7.48. The lowest BCUT2D eigenvalue weighted by Crippen LogP contribution is -2.13. The molecule has 3 N–H and O–H groups in total. The molecule has 0 fully saturated rings. The molecule has 206 valence electrons. The molecule has 0 atom stereocenters. The van der Waals surface area contributed by atoms with Crippen molar-refractivity contribution in [2.45, 2.75) is 14.7 Å². The van der Waals surface area contributed by atoms with Gasteiger partial charge in [0, 0.05) is 0 Å².